The maximum Gasteiger partial charge on any atom is 0.330 e. The molecule has 3 atom stereocenters. The number of benzene rings is 1. The van der Waals surface area contributed by atoms with E-state index >= 15 is 0 Å². The lowest BCUT2D eigenvalue weighted by Crippen LogP contribution is -2.64. The van der Waals surface area contributed by atoms with Crippen molar-refractivity contribution in [3.8, 4) is 5.75 Å². The maximum absolute atomic E-state index is 13.0. The van der Waals surface area contributed by atoms with Gasteiger partial charge < -0.3 is 14.4 Å². The van der Waals surface area contributed by atoms with Gasteiger partial charge in [0.25, 0.3) is 0 Å². The Morgan fingerprint density at radius 1 is 1.27 bits per heavy atom. The topological polar surface area (TPSA) is 90.0 Å². The largest absolute Gasteiger partial charge is 0.497 e. The summed E-state index contributed by atoms with van der Waals surface area (Å²) in [4.78, 5) is 25.6. The highest BCUT2D eigenvalue weighted by Gasteiger charge is 2.72. The number of nitrogens with zero attached hydrogens (tertiary/aromatic N) is 1. The number of esters is 1. The Kier molecular flexibility index (Phi) is 4.46. The highest BCUT2D eigenvalue weighted by atomic mass is 32.2. The number of rotatable bonds is 5. The second-order valence-electron chi connectivity index (χ2n) is 6.90. The van der Waals surface area contributed by atoms with Crippen molar-refractivity contribution in [1.29, 1.82) is 0 Å². The summed E-state index contributed by atoms with van der Waals surface area (Å²) in [6, 6.07) is 5.53. The summed E-state index contributed by atoms with van der Waals surface area (Å²) in [6.07, 6.45) is 0. The van der Waals surface area contributed by atoms with Crippen molar-refractivity contribution in [2.24, 2.45) is 5.92 Å². The summed E-state index contributed by atoms with van der Waals surface area (Å²) in [7, 11) is -2.37. The number of amides is 1. The van der Waals surface area contributed by atoms with Crippen LogP contribution >= 0.6 is 0 Å². The SMILES string of the molecule is COc1ccc(COC(=O)[C@@H]2N3C(=O)[C@@H](CF)[C@H]3S(=O)(=O)C2(C)C)cc1. The highest BCUT2D eigenvalue weighted by Crippen LogP contribution is 2.49. The smallest absolute Gasteiger partial charge is 0.330 e. The molecule has 2 heterocycles. The average molecular weight is 385 g/mol. The number of hydrogen-bond donors (Lipinski definition) is 0. The normalized spacial score (nSPS) is 28.2. The molecule has 26 heavy (non-hydrogen) atoms. The number of hydrogen-bond acceptors (Lipinski definition) is 6. The van der Waals surface area contributed by atoms with Gasteiger partial charge >= 0.3 is 5.97 Å². The molecule has 0 aromatic heterocycles. The van der Waals surface area contributed by atoms with E-state index in [4.69, 9.17) is 9.47 Å². The summed E-state index contributed by atoms with van der Waals surface area (Å²) >= 11 is 0. The van der Waals surface area contributed by atoms with E-state index in [1.165, 1.54) is 21.0 Å². The fourth-order valence-electron chi connectivity index (χ4n) is 3.49. The number of sulfone groups is 1. The predicted molar refractivity (Wildman–Crippen MR) is 89.7 cm³/mol. The fourth-order valence-corrected chi connectivity index (χ4v) is 5.78. The third kappa shape index (κ3) is 2.48. The van der Waals surface area contributed by atoms with Gasteiger partial charge in [0.05, 0.1) is 11.9 Å². The van der Waals surface area contributed by atoms with E-state index < -0.39 is 50.5 Å². The van der Waals surface area contributed by atoms with Crippen molar-refractivity contribution in [3.05, 3.63) is 29.8 Å². The molecule has 0 bridgehead atoms. The van der Waals surface area contributed by atoms with E-state index in [0.29, 0.717) is 11.3 Å². The molecule has 2 aliphatic rings. The molecule has 142 valence electrons. The Balaban J connectivity index is 1.79. The quantitative estimate of drug-likeness (QED) is 0.556. The lowest BCUT2D eigenvalue weighted by atomic mass is 9.92. The number of fused-ring (bicyclic) bond motifs is 1. The zero-order valence-electron chi connectivity index (χ0n) is 14.6. The van der Waals surface area contributed by atoms with Crippen LogP contribution in [0, 0.1) is 5.92 Å². The molecule has 0 unspecified atom stereocenters. The first kappa shape index (κ1) is 18.6. The van der Waals surface area contributed by atoms with E-state index in [9.17, 15) is 22.4 Å². The van der Waals surface area contributed by atoms with Crippen LogP contribution in [0.4, 0.5) is 4.39 Å². The van der Waals surface area contributed by atoms with Gasteiger partial charge in [-0.05, 0) is 31.5 Å². The van der Waals surface area contributed by atoms with Gasteiger partial charge in [-0.2, -0.15) is 0 Å². The Bertz CT molecular complexity index is 835. The van der Waals surface area contributed by atoms with E-state index in [2.05, 4.69) is 0 Å². The number of carbonyl (C=O) groups excluding carboxylic acids is 2. The molecule has 0 spiro atoms. The number of ether oxygens (including phenoxy) is 2. The van der Waals surface area contributed by atoms with Crippen molar-refractivity contribution < 1.29 is 31.9 Å². The van der Waals surface area contributed by atoms with Crippen LogP contribution in [-0.4, -0.2) is 55.1 Å². The van der Waals surface area contributed by atoms with Crippen LogP contribution in [0.2, 0.25) is 0 Å². The number of methoxy groups -OCH3 is 1. The number of β-lactam (4-membered cyclic amide) rings is 1. The first-order valence-corrected chi connectivity index (χ1v) is 9.62. The Morgan fingerprint density at radius 3 is 2.42 bits per heavy atom. The molecule has 9 heteroatoms. The summed E-state index contributed by atoms with van der Waals surface area (Å²) < 4.78 is 47.1. The second kappa shape index (κ2) is 6.22. The predicted octanol–water partition coefficient (Wildman–Crippen LogP) is 1.07. The third-order valence-corrected chi connectivity index (χ3v) is 7.99. The molecule has 2 aliphatic heterocycles. The van der Waals surface area contributed by atoms with Crippen LogP contribution in [0.1, 0.15) is 19.4 Å². The van der Waals surface area contributed by atoms with Crippen LogP contribution in [0.25, 0.3) is 0 Å². The summed E-state index contributed by atoms with van der Waals surface area (Å²) in [5.74, 6) is -2.08. The van der Waals surface area contributed by atoms with Crippen molar-refractivity contribution in [3.63, 3.8) is 0 Å². The monoisotopic (exact) mass is 385 g/mol. The van der Waals surface area contributed by atoms with Crippen molar-refractivity contribution >= 4 is 21.7 Å². The molecule has 1 amide bonds. The van der Waals surface area contributed by atoms with Gasteiger partial charge in [0, 0.05) is 0 Å². The Morgan fingerprint density at radius 2 is 1.88 bits per heavy atom. The highest BCUT2D eigenvalue weighted by molar-refractivity contribution is 7.93. The van der Waals surface area contributed by atoms with Crippen LogP contribution < -0.4 is 4.74 Å². The molecular formula is C17H20FNO6S. The van der Waals surface area contributed by atoms with Gasteiger partial charge in [-0.25, -0.2) is 13.2 Å². The van der Waals surface area contributed by atoms with Crippen molar-refractivity contribution in [1.82, 2.24) is 4.90 Å². The molecule has 2 saturated heterocycles. The van der Waals surface area contributed by atoms with Gasteiger partial charge in [0.2, 0.25) is 5.91 Å². The van der Waals surface area contributed by atoms with Crippen LogP contribution in [0.3, 0.4) is 0 Å². The van der Waals surface area contributed by atoms with Crippen molar-refractivity contribution in [2.45, 2.75) is 36.6 Å². The number of alkyl halides is 1. The fraction of sp³-hybridized carbons (Fsp3) is 0.529. The van der Waals surface area contributed by atoms with E-state index in [1.54, 1.807) is 24.3 Å². The lowest BCUT2D eigenvalue weighted by Gasteiger charge is -2.41. The minimum Gasteiger partial charge on any atom is -0.497 e. The average Bonchev–Trinajstić information content (AvgIpc) is 2.75. The van der Waals surface area contributed by atoms with Gasteiger partial charge in [-0.1, -0.05) is 12.1 Å². The Hall–Kier alpha value is -2.16. The van der Waals surface area contributed by atoms with E-state index in [0.717, 1.165) is 4.90 Å². The minimum absolute atomic E-state index is 0.0747. The van der Waals surface area contributed by atoms with E-state index in [1.807, 2.05) is 0 Å². The van der Waals surface area contributed by atoms with Crippen LogP contribution in [0.15, 0.2) is 24.3 Å². The first-order valence-electron chi connectivity index (χ1n) is 8.08. The van der Waals surface area contributed by atoms with Crippen LogP contribution in [-0.2, 0) is 30.8 Å². The van der Waals surface area contributed by atoms with Gasteiger partial charge in [-0.15, -0.1) is 0 Å². The zero-order valence-corrected chi connectivity index (χ0v) is 15.5. The molecule has 2 fully saturated rings. The van der Waals surface area contributed by atoms with Crippen molar-refractivity contribution in [2.75, 3.05) is 13.8 Å². The van der Waals surface area contributed by atoms with Gasteiger partial charge in [0.1, 0.15) is 36.4 Å². The van der Waals surface area contributed by atoms with Gasteiger partial charge in [0.15, 0.2) is 9.84 Å². The molecule has 0 saturated carbocycles. The molecule has 1 aromatic rings. The molecule has 0 N–H and O–H groups in total. The minimum atomic E-state index is -3.90. The molecule has 0 aliphatic carbocycles. The Labute approximate surface area is 151 Å². The van der Waals surface area contributed by atoms with Gasteiger partial charge in [-0.3, -0.25) is 9.18 Å². The zero-order chi connectivity index (χ0) is 19.3. The summed E-state index contributed by atoms with van der Waals surface area (Å²) in [5, 5.41) is -1.30. The first-order chi connectivity index (χ1) is 12.2. The number of halogens is 1. The molecule has 3 rings (SSSR count). The standard InChI is InChI=1S/C17H20FNO6S/c1-17(2)13(19-14(20)12(8-18)15(19)26(17,22)23)16(21)25-9-10-4-6-11(24-3)7-5-10/h4-7,12-13,15H,8-9H2,1-3H3/t12-,13+,15-/m1/s1. The summed E-state index contributed by atoms with van der Waals surface area (Å²) in [5.41, 5.74) is 0.686. The lowest BCUT2D eigenvalue weighted by molar-refractivity contribution is -0.167. The number of carbonyl (C=O) groups is 2. The molecule has 7 nitrogen and oxygen atoms in total. The molecular weight excluding hydrogens is 365 g/mol. The van der Waals surface area contributed by atoms with Crippen LogP contribution in [0.5, 0.6) is 5.75 Å². The molecule has 0 radical (unpaired) electrons. The third-order valence-electron chi connectivity index (χ3n) is 5.11. The second-order valence-corrected chi connectivity index (χ2v) is 9.53. The summed E-state index contributed by atoms with van der Waals surface area (Å²) in [6.45, 7) is 1.59. The van der Waals surface area contributed by atoms with E-state index in [-0.39, 0.29) is 6.61 Å². The molecule has 1 aromatic carbocycles. The maximum atomic E-state index is 13.0.